The summed E-state index contributed by atoms with van der Waals surface area (Å²) < 4.78 is 53.2. The molecule has 2 N–H and O–H groups in total. The van der Waals surface area contributed by atoms with Crippen molar-refractivity contribution in [3.8, 4) is 0 Å². The molecule has 1 amide bonds. The lowest BCUT2D eigenvalue weighted by atomic mass is 9.80. The molecule has 2 aliphatic carbocycles. The minimum Gasteiger partial charge on any atom is -0.444 e. The second-order valence-corrected chi connectivity index (χ2v) is 13.6. The molecule has 2 saturated carbocycles. The predicted molar refractivity (Wildman–Crippen MR) is 153 cm³/mol. The number of hydrogen-bond donors (Lipinski definition) is 2. The maximum Gasteiger partial charge on any atom is 0.408 e. The zero-order valence-electron chi connectivity index (χ0n) is 26.1. The number of carbonyl (C=O) groups excluding carboxylic acids is 5. The van der Waals surface area contributed by atoms with Crippen LogP contribution in [0.2, 0.25) is 0 Å². The van der Waals surface area contributed by atoms with Crippen molar-refractivity contribution in [3.05, 3.63) is 29.8 Å². The van der Waals surface area contributed by atoms with Crippen molar-refractivity contribution in [2.24, 2.45) is 35.5 Å². The molecular weight excluding hydrogens is 620 g/mol. The predicted octanol–water partition coefficient (Wildman–Crippen LogP) is 3.57. The van der Waals surface area contributed by atoms with Crippen LogP contribution in [0.5, 0.6) is 0 Å². The highest BCUT2D eigenvalue weighted by Gasteiger charge is 2.80. The highest BCUT2D eigenvalue weighted by molar-refractivity contribution is 7.99. The first kappa shape index (κ1) is 36.0. The van der Waals surface area contributed by atoms with Gasteiger partial charge in [0.25, 0.3) is 0 Å². The lowest BCUT2D eigenvalue weighted by molar-refractivity contribution is -0.177. The zero-order chi connectivity index (χ0) is 33.9. The average molecular weight is 660 g/mol. The number of ether oxygens (including phenoxy) is 5. The van der Waals surface area contributed by atoms with E-state index < -0.39 is 108 Å². The van der Waals surface area contributed by atoms with Gasteiger partial charge in [-0.25, -0.2) is 18.4 Å². The normalized spacial score (nSPS) is 25.3. The number of hydrogen-bond acceptors (Lipinski definition) is 12. The van der Waals surface area contributed by atoms with Gasteiger partial charge in [-0.15, -0.1) is 11.8 Å². The van der Waals surface area contributed by atoms with Gasteiger partial charge >= 0.3 is 30.0 Å². The summed E-state index contributed by atoms with van der Waals surface area (Å²) >= 11 is 0.963. The minimum absolute atomic E-state index is 0.135. The van der Waals surface area contributed by atoms with Gasteiger partial charge in [0.15, 0.2) is 17.2 Å². The first-order valence-electron chi connectivity index (χ1n) is 14.3. The summed E-state index contributed by atoms with van der Waals surface area (Å²) in [6.45, 7) is 9.53. The third-order valence-corrected chi connectivity index (χ3v) is 8.48. The molecule has 250 valence electrons. The first-order chi connectivity index (χ1) is 20.9. The fourth-order valence-corrected chi connectivity index (χ4v) is 6.42. The van der Waals surface area contributed by atoms with E-state index in [9.17, 15) is 37.9 Å². The summed E-state index contributed by atoms with van der Waals surface area (Å²) in [5.74, 6) is -11.0. The second-order valence-electron chi connectivity index (χ2n) is 12.5. The number of aliphatic hydroxyl groups excluding tert-OH is 1. The number of aliphatic hydroxyl groups is 1. The number of fused-ring (bicyclic) bond motifs is 1. The van der Waals surface area contributed by atoms with E-state index >= 15 is 0 Å². The Kier molecular flexibility index (Phi) is 11.5. The Morgan fingerprint density at radius 2 is 1.51 bits per heavy atom. The summed E-state index contributed by atoms with van der Waals surface area (Å²) in [7, 11) is 0. The van der Waals surface area contributed by atoms with Crippen LogP contribution in [0.15, 0.2) is 23.1 Å². The smallest absolute Gasteiger partial charge is 0.408 e. The minimum atomic E-state index is -2.12. The molecule has 2 fully saturated rings. The number of alkyl carbamates (subject to hydrolysis) is 1. The van der Waals surface area contributed by atoms with Crippen LogP contribution in [0.25, 0.3) is 0 Å². The molecule has 0 saturated heterocycles. The molecular formula is C30H39F2NO11S. The molecule has 0 aromatic heterocycles. The summed E-state index contributed by atoms with van der Waals surface area (Å²) in [5, 5.41) is 14.0. The largest absolute Gasteiger partial charge is 0.444 e. The standard InChI is InChI=1S/C30H39F2NO11S/c1-14(2)24(35)40-12-42-26(37)21-20-22(21)30(33-28(39)44-29(5,6)7,27(38)43-13-41-25(36)15(3)4)17(23(20)34)11-45-16-8-9-18(31)19(32)10-16/h8-10,14-15,17,20-23,34H,11-13H2,1-7H3,(H,33,39)/t17-,20+,21+,22+,23-,30+/m1/s1. The van der Waals surface area contributed by atoms with E-state index in [-0.39, 0.29) is 10.6 Å². The summed E-state index contributed by atoms with van der Waals surface area (Å²) in [5.41, 5.74) is -3.14. The third-order valence-electron chi connectivity index (χ3n) is 7.37. The monoisotopic (exact) mass is 659 g/mol. The Balaban J connectivity index is 1.96. The Labute approximate surface area is 263 Å². The number of amides is 1. The van der Waals surface area contributed by atoms with Gasteiger partial charge in [0.2, 0.25) is 13.6 Å². The summed E-state index contributed by atoms with van der Waals surface area (Å²) in [6.07, 6.45) is -2.48. The van der Waals surface area contributed by atoms with E-state index in [1.807, 2.05) is 0 Å². The molecule has 6 atom stereocenters. The Morgan fingerprint density at radius 1 is 0.933 bits per heavy atom. The van der Waals surface area contributed by atoms with Crippen LogP contribution < -0.4 is 5.32 Å². The van der Waals surface area contributed by atoms with E-state index in [4.69, 9.17) is 23.7 Å². The maximum absolute atomic E-state index is 13.9. The van der Waals surface area contributed by atoms with Crippen molar-refractivity contribution < 1.29 is 61.5 Å². The van der Waals surface area contributed by atoms with Crippen molar-refractivity contribution in [1.82, 2.24) is 5.32 Å². The molecule has 2 aliphatic rings. The van der Waals surface area contributed by atoms with Gasteiger partial charge in [-0.2, -0.15) is 0 Å². The summed E-state index contributed by atoms with van der Waals surface area (Å²) in [6, 6.07) is 3.16. The van der Waals surface area contributed by atoms with E-state index in [0.717, 1.165) is 23.9 Å². The number of thioether (sulfide) groups is 1. The molecule has 0 aliphatic heterocycles. The second kappa shape index (κ2) is 14.3. The number of halogens is 2. The molecule has 0 radical (unpaired) electrons. The van der Waals surface area contributed by atoms with E-state index in [2.05, 4.69) is 5.32 Å². The lowest BCUT2D eigenvalue weighted by Crippen LogP contribution is -2.63. The van der Waals surface area contributed by atoms with Crippen LogP contribution >= 0.6 is 11.8 Å². The van der Waals surface area contributed by atoms with Crippen molar-refractivity contribution in [1.29, 1.82) is 0 Å². The number of esters is 4. The lowest BCUT2D eigenvalue weighted by Gasteiger charge is -2.38. The molecule has 1 aromatic rings. The van der Waals surface area contributed by atoms with Crippen LogP contribution in [0.1, 0.15) is 48.5 Å². The first-order valence-corrected chi connectivity index (χ1v) is 15.3. The number of rotatable bonds is 12. The Bertz CT molecular complexity index is 1300. The van der Waals surface area contributed by atoms with Gasteiger partial charge < -0.3 is 34.1 Å². The van der Waals surface area contributed by atoms with Crippen molar-refractivity contribution in [2.45, 2.75) is 70.6 Å². The highest BCUT2D eigenvalue weighted by atomic mass is 32.2. The topological polar surface area (TPSA) is 164 Å². The molecule has 45 heavy (non-hydrogen) atoms. The molecule has 12 nitrogen and oxygen atoms in total. The van der Waals surface area contributed by atoms with Crippen LogP contribution in [-0.4, -0.2) is 71.7 Å². The van der Waals surface area contributed by atoms with E-state index in [0.29, 0.717) is 0 Å². The number of benzene rings is 1. The fourth-order valence-electron chi connectivity index (χ4n) is 5.24. The fraction of sp³-hybridized carbons (Fsp3) is 0.633. The summed E-state index contributed by atoms with van der Waals surface area (Å²) in [4.78, 5) is 64.3. The maximum atomic E-state index is 13.9. The molecule has 0 bridgehead atoms. The van der Waals surface area contributed by atoms with Gasteiger partial charge in [-0.3, -0.25) is 14.4 Å². The zero-order valence-corrected chi connectivity index (χ0v) is 26.9. The molecule has 3 rings (SSSR count). The third kappa shape index (κ3) is 8.43. The number of carbonyl (C=O) groups is 5. The van der Waals surface area contributed by atoms with E-state index in [1.165, 1.54) is 6.07 Å². The Hall–Kier alpha value is -3.46. The van der Waals surface area contributed by atoms with Crippen molar-refractivity contribution in [3.63, 3.8) is 0 Å². The van der Waals surface area contributed by atoms with Crippen LogP contribution in [0.3, 0.4) is 0 Å². The van der Waals surface area contributed by atoms with Gasteiger partial charge in [0.1, 0.15) is 5.60 Å². The van der Waals surface area contributed by atoms with Crippen molar-refractivity contribution >= 4 is 41.7 Å². The van der Waals surface area contributed by atoms with Gasteiger partial charge in [-0.1, -0.05) is 27.7 Å². The highest BCUT2D eigenvalue weighted by Crippen LogP contribution is 2.66. The molecule has 0 heterocycles. The molecule has 15 heteroatoms. The van der Waals surface area contributed by atoms with Gasteiger partial charge in [0.05, 0.1) is 23.9 Å². The van der Waals surface area contributed by atoms with Crippen molar-refractivity contribution in [2.75, 3.05) is 19.3 Å². The van der Waals surface area contributed by atoms with Crippen LogP contribution in [0, 0.1) is 47.1 Å². The quantitative estimate of drug-likeness (QED) is 0.145. The Morgan fingerprint density at radius 3 is 2.04 bits per heavy atom. The van der Waals surface area contributed by atoms with Crippen LogP contribution in [-0.2, 0) is 42.9 Å². The van der Waals surface area contributed by atoms with Gasteiger partial charge in [-0.05, 0) is 39.0 Å². The van der Waals surface area contributed by atoms with Gasteiger partial charge in [0, 0.05) is 28.4 Å². The number of nitrogens with one attached hydrogen (secondary N) is 1. The molecule has 0 unspecified atom stereocenters. The van der Waals surface area contributed by atoms with E-state index in [1.54, 1.807) is 48.5 Å². The molecule has 1 aromatic carbocycles. The molecule has 0 spiro atoms. The average Bonchev–Trinajstić information content (AvgIpc) is 3.63. The van der Waals surface area contributed by atoms with Crippen LogP contribution in [0.4, 0.5) is 13.6 Å². The SMILES string of the molecule is CC(C)C(=O)OCOC(=O)[C@H]1[C@@H]2[C@H](O)[C@@H](CSc3ccc(F)c(F)c3)[C@@](NC(=O)OC(C)(C)C)(C(=O)OCOC(=O)C(C)C)[C@H]12.